The SMILES string of the molecule is C=CC(C)(O)[CH]C. The Bertz CT molecular complexity index is 64.6. The van der Waals surface area contributed by atoms with Gasteiger partial charge in [0.15, 0.2) is 0 Å². The molecule has 0 saturated carbocycles. The highest BCUT2D eigenvalue weighted by molar-refractivity contribution is 4.99. The molecule has 0 aliphatic rings. The summed E-state index contributed by atoms with van der Waals surface area (Å²) in [4.78, 5) is 0. The van der Waals surface area contributed by atoms with Gasteiger partial charge in [-0.3, -0.25) is 0 Å². The summed E-state index contributed by atoms with van der Waals surface area (Å²) in [5.74, 6) is 0. The van der Waals surface area contributed by atoms with Crippen LogP contribution in [0.15, 0.2) is 12.7 Å². The average Bonchev–Trinajstić information content (AvgIpc) is 1.68. The molecule has 1 N–H and O–H groups in total. The lowest BCUT2D eigenvalue weighted by atomic mass is 10.1. The van der Waals surface area contributed by atoms with E-state index in [0.717, 1.165) is 0 Å². The molecule has 0 aliphatic carbocycles. The fraction of sp³-hybridized carbons (Fsp3) is 0.500. The molecule has 0 spiro atoms. The van der Waals surface area contributed by atoms with Crippen LogP contribution in [0.4, 0.5) is 0 Å². The zero-order valence-corrected chi connectivity index (χ0v) is 4.81. The summed E-state index contributed by atoms with van der Waals surface area (Å²) >= 11 is 0. The number of rotatable bonds is 2. The van der Waals surface area contributed by atoms with Crippen molar-refractivity contribution in [1.82, 2.24) is 0 Å². The lowest BCUT2D eigenvalue weighted by molar-refractivity contribution is 0.147. The van der Waals surface area contributed by atoms with Gasteiger partial charge in [0.25, 0.3) is 0 Å². The molecule has 1 atom stereocenters. The third-order valence-corrected chi connectivity index (χ3v) is 0.998. The van der Waals surface area contributed by atoms with Crippen LogP contribution in [0.2, 0.25) is 0 Å². The predicted octanol–water partition coefficient (Wildman–Crippen LogP) is 1.15. The van der Waals surface area contributed by atoms with Gasteiger partial charge >= 0.3 is 0 Å². The van der Waals surface area contributed by atoms with Crippen molar-refractivity contribution in [3.63, 3.8) is 0 Å². The molecule has 41 valence electrons. The molecule has 0 aromatic heterocycles. The van der Waals surface area contributed by atoms with Crippen LogP contribution in [0.5, 0.6) is 0 Å². The third-order valence-electron chi connectivity index (χ3n) is 0.998. The van der Waals surface area contributed by atoms with Gasteiger partial charge in [-0.05, 0) is 13.3 Å². The first-order chi connectivity index (χ1) is 3.12. The summed E-state index contributed by atoms with van der Waals surface area (Å²) in [5.41, 5.74) is -0.778. The Morgan fingerprint density at radius 2 is 2.14 bits per heavy atom. The Hall–Kier alpha value is -0.300. The number of aliphatic hydroxyl groups is 1. The van der Waals surface area contributed by atoms with Gasteiger partial charge in [-0.25, -0.2) is 0 Å². The van der Waals surface area contributed by atoms with Crippen LogP contribution in [-0.2, 0) is 0 Å². The van der Waals surface area contributed by atoms with E-state index in [1.807, 2.05) is 0 Å². The lowest BCUT2D eigenvalue weighted by Gasteiger charge is -2.13. The quantitative estimate of drug-likeness (QED) is 0.515. The molecular formula is C6H11O. The minimum Gasteiger partial charge on any atom is -0.386 e. The van der Waals surface area contributed by atoms with E-state index in [2.05, 4.69) is 6.58 Å². The van der Waals surface area contributed by atoms with E-state index in [-0.39, 0.29) is 0 Å². The highest BCUT2D eigenvalue weighted by Crippen LogP contribution is 2.05. The second kappa shape index (κ2) is 2.12. The molecule has 0 amide bonds. The van der Waals surface area contributed by atoms with Crippen molar-refractivity contribution in [3.05, 3.63) is 19.1 Å². The third kappa shape index (κ3) is 2.40. The van der Waals surface area contributed by atoms with Gasteiger partial charge in [-0.1, -0.05) is 13.0 Å². The van der Waals surface area contributed by atoms with E-state index in [1.165, 1.54) is 6.08 Å². The molecule has 0 rings (SSSR count). The van der Waals surface area contributed by atoms with Crippen LogP contribution < -0.4 is 0 Å². The van der Waals surface area contributed by atoms with E-state index in [4.69, 9.17) is 5.11 Å². The molecule has 1 heteroatoms. The maximum atomic E-state index is 8.96. The van der Waals surface area contributed by atoms with Crippen molar-refractivity contribution < 1.29 is 5.11 Å². The van der Waals surface area contributed by atoms with E-state index in [0.29, 0.717) is 0 Å². The molecular weight excluding hydrogens is 88.1 g/mol. The zero-order chi connectivity index (χ0) is 5.91. The first-order valence-electron chi connectivity index (χ1n) is 2.29. The van der Waals surface area contributed by atoms with Crippen LogP contribution in [0.1, 0.15) is 13.8 Å². The Morgan fingerprint density at radius 1 is 1.71 bits per heavy atom. The molecule has 1 radical (unpaired) electrons. The predicted molar refractivity (Wildman–Crippen MR) is 30.8 cm³/mol. The van der Waals surface area contributed by atoms with Crippen molar-refractivity contribution in [2.24, 2.45) is 0 Å². The maximum absolute atomic E-state index is 8.96. The standard InChI is InChI=1S/C6H11O/c1-4-6(3,7)5-2/h4-5,7H,1H2,2-3H3. The van der Waals surface area contributed by atoms with Crippen molar-refractivity contribution >= 4 is 0 Å². The Morgan fingerprint density at radius 3 is 2.14 bits per heavy atom. The van der Waals surface area contributed by atoms with Gasteiger partial charge in [0.05, 0.1) is 5.60 Å². The van der Waals surface area contributed by atoms with Crippen LogP contribution in [0, 0.1) is 6.42 Å². The lowest BCUT2D eigenvalue weighted by Crippen LogP contribution is -2.18. The molecule has 0 heterocycles. The van der Waals surface area contributed by atoms with Crippen molar-refractivity contribution in [1.29, 1.82) is 0 Å². The Kier molecular flexibility index (Phi) is 2.03. The van der Waals surface area contributed by atoms with E-state index < -0.39 is 5.60 Å². The zero-order valence-electron chi connectivity index (χ0n) is 4.81. The second-order valence-electron chi connectivity index (χ2n) is 1.72. The first kappa shape index (κ1) is 6.70. The fourth-order valence-electron chi connectivity index (χ4n) is 0.118. The van der Waals surface area contributed by atoms with Crippen molar-refractivity contribution in [2.45, 2.75) is 19.4 Å². The molecule has 1 nitrogen and oxygen atoms in total. The summed E-state index contributed by atoms with van der Waals surface area (Å²) in [7, 11) is 0. The summed E-state index contributed by atoms with van der Waals surface area (Å²) < 4.78 is 0. The molecule has 0 saturated heterocycles. The molecule has 7 heavy (non-hydrogen) atoms. The Balaban J connectivity index is 3.58. The smallest absolute Gasteiger partial charge is 0.0826 e. The van der Waals surface area contributed by atoms with Crippen LogP contribution in [0.3, 0.4) is 0 Å². The maximum Gasteiger partial charge on any atom is 0.0826 e. The van der Waals surface area contributed by atoms with Crippen molar-refractivity contribution in [3.8, 4) is 0 Å². The first-order valence-corrected chi connectivity index (χ1v) is 2.29. The number of hydrogen-bond acceptors (Lipinski definition) is 1. The van der Waals surface area contributed by atoms with Crippen molar-refractivity contribution in [2.75, 3.05) is 0 Å². The Labute approximate surface area is 44.7 Å². The summed E-state index contributed by atoms with van der Waals surface area (Å²) in [6, 6.07) is 0. The number of hydrogen-bond donors (Lipinski definition) is 1. The van der Waals surface area contributed by atoms with Gasteiger partial charge in [0, 0.05) is 0 Å². The normalized spacial score (nSPS) is 18.1. The van der Waals surface area contributed by atoms with Gasteiger partial charge in [-0.15, -0.1) is 6.58 Å². The molecule has 0 aromatic carbocycles. The van der Waals surface area contributed by atoms with Crippen LogP contribution in [0.25, 0.3) is 0 Å². The highest BCUT2D eigenvalue weighted by atomic mass is 16.3. The van der Waals surface area contributed by atoms with Crippen LogP contribution in [-0.4, -0.2) is 10.7 Å². The van der Waals surface area contributed by atoms with E-state index in [9.17, 15) is 0 Å². The summed E-state index contributed by atoms with van der Waals surface area (Å²) in [6.45, 7) is 6.90. The summed E-state index contributed by atoms with van der Waals surface area (Å²) in [6.07, 6.45) is 3.17. The minimum atomic E-state index is -0.778. The van der Waals surface area contributed by atoms with Gasteiger partial charge in [0.2, 0.25) is 0 Å². The fourth-order valence-corrected chi connectivity index (χ4v) is 0.118. The second-order valence-corrected chi connectivity index (χ2v) is 1.72. The van der Waals surface area contributed by atoms with E-state index in [1.54, 1.807) is 20.3 Å². The monoisotopic (exact) mass is 99.1 g/mol. The summed E-state index contributed by atoms with van der Waals surface area (Å²) in [5, 5.41) is 8.96. The molecule has 0 bridgehead atoms. The van der Waals surface area contributed by atoms with E-state index >= 15 is 0 Å². The van der Waals surface area contributed by atoms with Gasteiger partial charge < -0.3 is 5.11 Å². The molecule has 1 unspecified atom stereocenters. The minimum absolute atomic E-state index is 0.778. The van der Waals surface area contributed by atoms with Gasteiger partial charge in [-0.2, -0.15) is 0 Å². The molecule has 0 fully saturated rings. The molecule has 0 aliphatic heterocycles. The van der Waals surface area contributed by atoms with Crippen LogP contribution >= 0.6 is 0 Å². The highest BCUT2D eigenvalue weighted by Gasteiger charge is 2.09. The molecule has 0 aromatic rings. The topological polar surface area (TPSA) is 20.2 Å². The van der Waals surface area contributed by atoms with Gasteiger partial charge in [0.1, 0.15) is 0 Å². The largest absolute Gasteiger partial charge is 0.386 e. The average molecular weight is 99.2 g/mol.